The number of hydrogen-bond acceptors (Lipinski definition) is 4. The van der Waals surface area contributed by atoms with Gasteiger partial charge in [-0.1, -0.05) is 11.6 Å². The molecule has 6 heteroatoms. The molecule has 0 saturated heterocycles. The minimum Gasteiger partial charge on any atom is -0.492 e. The van der Waals surface area contributed by atoms with E-state index in [4.69, 9.17) is 21.1 Å². The standard InChI is InChI=1S/C15H18ClNO4/c1-3-17-14(18)9(2)21-15(19)11-6-10-7-12(16)4-5-13(10)20-8-11/h4-5,7,9,11H,3,6,8H2,1-2H3,(H,17,18)/t9-,11+/m0/s1. The fourth-order valence-corrected chi connectivity index (χ4v) is 2.35. The van der Waals surface area contributed by atoms with Gasteiger partial charge < -0.3 is 14.8 Å². The van der Waals surface area contributed by atoms with Crippen molar-refractivity contribution in [3.05, 3.63) is 28.8 Å². The van der Waals surface area contributed by atoms with Gasteiger partial charge in [0.1, 0.15) is 12.4 Å². The molecule has 0 radical (unpaired) electrons. The minimum absolute atomic E-state index is 0.246. The molecule has 2 atom stereocenters. The predicted octanol–water partition coefficient (Wildman–Crippen LogP) is 1.96. The molecule has 0 fully saturated rings. The normalized spacial score (nSPS) is 18.1. The van der Waals surface area contributed by atoms with E-state index in [1.165, 1.54) is 0 Å². The van der Waals surface area contributed by atoms with Gasteiger partial charge in [-0.3, -0.25) is 9.59 Å². The largest absolute Gasteiger partial charge is 0.492 e. The van der Waals surface area contributed by atoms with Crippen molar-refractivity contribution in [1.29, 1.82) is 0 Å². The summed E-state index contributed by atoms with van der Waals surface area (Å²) >= 11 is 5.94. The zero-order chi connectivity index (χ0) is 15.4. The summed E-state index contributed by atoms with van der Waals surface area (Å²) in [4.78, 5) is 23.7. The van der Waals surface area contributed by atoms with Gasteiger partial charge >= 0.3 is 5.97 Å². The van der Waals surface area contributed by atoms with Crippen molar-refractivity contribution in [2.24, 2.45) is 5.92 Å². The number of rotatable bonds is 4. The van der Waals surface area contributed by atoms with Gasteiger partial charge in [0.05, 0.1) is 5.92 Å². The molecular formula is C15H18ClNO4. The third-order valence-corrected chi connectivity index (χ3v) is 3.51. The first-order chi connectivity index (χ1) is 10.0. The van der Waals surface area contributed by atoms with Crippen LogP contribution in [0.5, 0.6) is 5.75 Å². The lowest BCUT2D eigenvalue weighted by Gasteiger charge is -2.25. The molecule has 114 valence electrons. The van der Waals surface area contributed by atoms with Crippen LogP contribution in [-0.4, -0.2) is 31.1 Å². The zero-order valence-electron chi connectivity index (χ0n) is 12.0. The first-order valence-corrected chi connectivity index (χ1v) is 7.28. The second-order valence-electron chi connectivity index (χ2n) is 4.94. The molecule has 1 heterocycles. The van der Waals surface area contributed by atoms with Crippen LogP contribution in [0.2, 0.25) is 5.02 Å². The molecule has 0 bridgehead atoms. The van der Waals surface area contributed by atoms with Crippen LogP contribution < -0.4 is 10.1 Å². The number of carbonyl (C=O) groups is 2. The summed E-state index contributed by atoms with van der Waals surface area (Å²) in [6.45, 7) is 4.11. The second-order valence-corrected chi connectivity index (χ2v) is 5.37. The number of amides is 1. The third kappa shape index (κ3) is 3.88. The maximum Gasteiger partial charge on any atom is 0.313 e. The number of benzene rings is 1. The number of likely N-dealkylation sites (N-methyl/N-ethyl adjacent to an activating group) is 1. The Morgan fingerprint density at radius 2 is 2.29 bits per heavy atom. The molecule has 1 N–H and O–H groups in total. The highest BCUT2D eigenvalue weighted by molar-refractivity contribution is 6.30. The third-order valence-electron chi connectivity index (χ3n) is 3.28. The van der Waals surface area contributed by atoms with Gasteiger partial charge in [-0.2, -0.15) is 0 Å². The van der Waals surface area contributed by atoms with E-state index in [9.17, 15) is 9.59 Å². The summed E-state index contributed by atoms with van der Waals surface area (Å²) < 4.78 is 10.7. The van der Waals surface area contributed by atoms with Crippen LogP contribution >= 0.6 is 11.6 Å². The van der Waals surface area contributed by atoms with Crippen LogP contribution in [0.15, 0.2) is 18.2 Å². The topological polar surface area (TPSA) is 64.6 Å². The van der Waals surface area contributed by atoms with Gasteiger partial charge in [0, 0.05) is 11.6 Å². The number of halogens is 1. The van der Waals surface area contributed by atoms with Gasteiger partial charge in [0.2, 0.25) is 0 Å². The summed E-state index contributed by atoms with van der Waals surface area (Å²) in [6.07, 6.45) is -0.310. The molecule has 1 amide bonds. The maximum atomic E-state index is 12.1. The Morgan fingerprint density at radius 1 is 1.52 bits per heavy atom. The number of ether oxygens (including phenoxy) is 2. The van der Waals surface area contributed by atoms with Gasteiger partial charge in [-0.25, -0.2) is 0 Å². The highest BCUT2D eigenvalue weighted by atomic mass is 35.5. The highest BCUT2D eigenvalue weighted by Gasteiger charge is 2.29. The van der Waals surface area contributed by atoms with E-state index in [1.807, 2.05) is 6.92 Å². The average Bonchev–Trinajstić information content (AvgIpc) is 2.46. The summed E-state index contributed by atoms with van der Waals surface area (Å²) in [7, 11) is 0. The Labute approximate surface area is 128 Å². The fourth-order valence-electron chi connectivity index (χ4n) is 2.16. The molecule has 2 rings (SSSR count). The second kappa shape index (κ2) is 6.80. The molecule has 1 aliphatic heterocycles. The number of fused-ring (bicyclic) bond motifs is 1. The van der Waals surface area contributed by atoms with Crippen molar-refractivity contribution in [3.8, 4) is 5.75 Å². The van der Waals surface area contributed by atoms with Crippen molar-refractivity contribution >= 4 is 23.5 Å². The quantitative estimate of drug-likeness (QED) is 0.863. The summed E-state index contributed by atoms with van der Waals surface area (Å²) in [6, 6.07) is 5.32. The van der Waals surface area contributed by atoms with Gasteiger partial charge in [-0.15, -0.1) is 0 Å². The predicted molar refractivity (Wildman–Crippen MR) is 78.4 cm³/mol. The van der Waals surface area contributed by atoms with E-state index in [1.54, 1.807) is 25.1 Å². The molecule has 1 aromatic carbocycles. The van der Waals surface area contributed by atoms with Gasteiger partial charge in [0.25, 0.3) is 5.91 Å². The van der Waals surface area contributed by atoms with E-state index in [2.05, 4.69) is 5.32 Å². The van der Waals surface area contributed by atoms with E-state index in [0.717, 1.165) is 11.3 Å². The SMILES string of the molecule is CCNC(=O)[C@H](C)OC(=O)[C@H]1COc2ccc(Cl)cc2C1. The smallest absolute Gasteiger partial charge is 0.313 e. The van der Waals surface area contributed by atoms with E-state index < -0.39 is 18.0 Å². The van der Waals surface area contributed by atoms with E-state index >= 15 is 0 Å². The fraction of sp³-hybridized carbons (Fsp3) is 0.467. The van der Waals surface area contributed by atoms with Crippen LogP contribution in [0.4, 0.5) is 0 Å². The molecule has 0 aliphatic carbocycles. The van der Waals surface area contributed by atoms with Crippen molar-refractivity contribution in [1.82, 2.24) is 5.32 Å². The molecular weight excluding hydrogens is 294 g/mol. The molecule has 1 aromatic rings. The first-order valence-electron chi connectivity index (χ1n) is 6.90. The average molecular weight is 312 g/mol. The lowest BCUT2D eigenvalue weighted by Crippen LogP contribution is -2.38. The molecule has 0 unspecified atom stereocenters. The first kappa shape index (κ1) is 15.6. The minimum atomic E-state index is -0.807. The summed E-state index contributed by atoms with van der Waals surface area (Å²) in [5.41, 5.74) is 0.876. The molecule has 0 saturated carbocycles. The summed E-state index contributed by atoms with van der Waals surface area (Å²) in [5, 5.41) is 3.21. The van der Waals surface area contributed by atoms with Crippen molar-refractivity contribution < 1.29 is 19.1 Å². The number of hydrogen-bond donors (Lipinski definition) is 1. The Balaban J connectivity index is 1.97. The number of carbonyl (C=O) groups excluding carboxylic acids is 2. The van der Waals surface area contributed by atoms with Gasteiger partial charge in [-0.05, 0) is 44.0 Å². The Kier molecular flexibility index (Phi) is 5.07. The number of esters is 1. The van der Waals surface area contributed by atoms with Crippen molar-refractivity contribution in [3.63, 3.8) is 0 Å². The van der Waals surface area contributed by atoms with Crippen LogP contribution in [0.3, 0.4) is 0 Å². The van der Waals surface area contributed by atoms with Crippen LogP contribution in [0.1, 0.15) is 19.4 Å². The lowest BCUT2D eigenvalue weighted by atomic mass is 9.97. The van der Waals surface area contributed by atoms with Crippen LogP contribution in [0.25, 0.3) is 0 Å². The molecule has 1 aliphatic rings. The van der Waals surface area contributed by atoms with E-state index in [-0.39, 0.29) is 12.5 Å². The summed E-state index contributed by atoms with van der Waals surface area (Å²) in [5.74, 6) is -0.418. The highest BCUT2D eigenvalue weighted by Crippen LogP contribution is 2.30. The van der Waals surface area contributed by atoms with Crippen molar-refractivity contribution in [2.45, 2.75) is 26.4 Å². The molecule has 0 spiro atoms. The Morgan fingerprint density at radius 3 is 3.00 bits per heavy atom. The monoisotopic (exact) mass is 311 g/mol. The Bertz CT molecular complexity index is 546. The van der Waals surface area contributed by atoms with E-state index in [0.29, 0.717) is 18.0 Å². The Hall–Kier alpha value is -1.75. The van der Waals surface area contributed by atoms with Crippen molar-refractivity contribution in [2.75, 3.05) is 13.2 Å². The maximum absolute atomic E-state index is 12.1. The lowest BCUT2D eigenvalue weighted by molar-refractivity contribution is -0.160. The molecule has 0 aromatic heterocycles. The zero-order valence-corrected chi connectivity index (χ0v) is 12.8. The number of nitrogens with one attached hydrogen (secondary N) is 1. The van der Waals surface area contributed by atoms with Crippen LogP contribution in [-0.2, 0) is 20.7 Å². The van der Waals surface area contributed by atoms with Crippen LogP contribution in [0, 0.1) is 5.92 Å². The van der Waals surface area contributed by atoms with Gasteiger partial charge in [0.15, 0.2) is 6.10 Å². The molecule has 5 nitrogen and oxygen atoms in total. The molecule has 21 heavy (non-hydrogen) atoms.